The molecule has 2 heterocycles. The van der Waals surface area contributed by atoms with Crippen molar-refractivity contribution in [1.82, 2.24) is 0 Å². The highest BCUT2D eigenvalue weighted by Gasteiger charge is 2.56. The standard InChI is InChI=1S/C14H14O2S/c15-9-5-6-10(16)12-11(9)13-7-3-1-2-4-8(7)14(12)17-13/h1-6,9-16H/t9-,10+,11?,12?,13-,14+. The van der Waals surface area contributed by atoms with Gasteiger partial charge in [0, 0.05) is 22.3 Å². The molecule has 88 valence electrons. The van der Waals surface area contributed by atoms with Crippen molar-refractivity contribution in [2.75, 3.05) is 0 Å². The predicted octanol–water partition coefficient (Wildman–Crippen LogP) is 2.05. The Hall–Kier alpha value is -0.770. The van der Waals surface area contributed by atoms with Gasteiger partial charge in [-0.05, 0) is 11.1 Å². The van der Waals surface area contributed by atoms with Crippen LogP contribution in [0.2, 0.25) is 0 Å². The third-order valence-corrected chi connectivity index (χ3v) is 6.06. The largest absolute Gasteiger partial charge is 0.389 e. The molecule has 2 bridgehead atoms. The van der Waals surface area contributed by atoms with Gasteiger partial charge in [-0.1, -0.05) is 36.4 Å². The summed E-state index contributed by atoms with van der Waals surface area (Å²) in [7, 11) is 0. The highest BCUT2D eigenvalue weighted by molar-refractivity contribution is 8.00. The summed E-state index contributed by atoms with van der Waals surface area (Å²) in [6.45, 7) is 0. The minimum atomic E-state index is -0.403. The highest BCUT2D eigenvalue weighted by atomic mass is 32.2. The smallest absolute Gasteiger partial charge is 0.0768 e. The Balaban J connectivity index is 1.86. The molecule has 1 aliphatic carbocycles. The van der Waals surface area contributed by atoms with Gasteiger partial charge < -0.3 is 10.2 Å². The lowest BCUT2D eigenvalue weighted by Gasteiger charge is -2.38. The number of benzene rings is 1. The molecule has 3 heteroatoms. The highest BCUT2D eigenvalue weighted by Crippen LogP contribution is 2.68. The number of aliphatic hydroxyl groups is 2. The van der Waals surface area contributed by atoms with Crippen molar-refractivity contribution in [3.63, 3.8) is 0 Å². The van der Waals surface area contributed by atoms with E-state index in [0.29, 0.717) is 10.5 Å². The lowest BCUT2D eigenvalue weighted by Crippen LogP contribution is -2.40. The van der Waals surface area contributed by atoms with E-state index in [1.807, 2.05) is 11.8 Å². The molecule has 1 fully saturated rings. The Morgan fingerprint density at radius 2 is 1.29 bits per heavy atom. The Kier molecular flexibility index (Phi) is 2.02. The van der Waals surface area contributed by atoms with E-state index in [-0.39, 0.29) is 11.8 Å². The molecule has 2 N–H and O–H groups in total. The van der Waals surface area contributed by atoms with Gasteiger partial charge in [-0.2, -0.15) is 0 Å². The van der Waals surface area contributed by atoms with Gasteiger partial charge in [-0.15, -0.1) is 11.8 Å². The van der Waals surface area contributed by atoms with Crippen LogP contribution in [-0.4, -0.2) is 22.4 Å². The molecular formula is C14H14O2S. The number of thioether (sulfide) groups is 1. The van der Waals surface area contributed by atoms with Crippen molar-refractivity contribution in [1.29, 1.82) is 0 Å². The Bertz CT molecular complexity index is 456. The molecule has 2 aliphatic heterocycles. The van der Waals surface area contributed by atoms with Crippen LogP contribution in [0.5, 0.6) is 0 Å². The average Bonchev–Trinajstić information content (AvgIpc) is 2.91. The maximum atomic E-state index is 10.1. The zero-order valence-electron chi connectivity index (χ0n) is 9.23. The molecule has 6 atom stereocenters. The third-order valence-electron chi connectivity index (χ3n) is 4.34. The summed E-state index contributed by atoms with van der Waals surface area (Å²) >= 11 is 1.91. The number of fused-ring (bicyclic) bond motifs is 8. The number of aliphatic hydroxyl groups excluding tert-OH is 2. The van der Waals surface area contributed by atoms with E-state index in [2.05, 4.69) is 24.3 Å². The molecule has 1 saturated heterocycles. The summed E-state index contributed by atoms with van der Waals surface area (Å²) in [6.07, 6.45) is 2.71. The van der Waals surface area contributed by atoms with E-state index >= 15 is 0 Å². The fourth-order valence-electron chi connectivity index (χ4n) is 3.63. The molecule has 0 amide bonds. The fourth-order valence-corrected chi connectivity index (χ4v) is 5.72. The van der Waals surface area contributed by atoms with Crippen molar-refractivity contribution in [3.05, 3.63) is 47.5 Å². The van der Waals surface area contributed by atoms with Crippen LogP contribution in [0.25, 0.3) is 0 Å². The van der Waals surface area contributed by atoms with Crippen LogP contribution < -0.4 is 0 Å². The van der Waals surface area contributed by atoms with E-state index < -0.39 is 12.2 Å². The van der Waals surface area contributed by atoms with Crippen LogP contribution in [0.15, 0.2) is 36.4 Å². The molecule has 0 saturated carbocycles. The van der Waals surface area contributed by atoms with Crippen molar-refractivity contribution < 1.29 is 10.2 Å². The molecule has 4 rings (SSSR count). The van der Waals surface area contributed by atoms with E-state index in [4.69, 9.17) is 0 Å². The van der Waals surface area contributed by atoms with Gasteiger partial charge in [0.1, 0.15) is 0 Å². The first-order valence-electron chi connectivity index (χ1n) is 6.06. The van der Waals surface area contributed by atoms with Crippen molar-refractivity contribution in [3.8, 4) is 0 Å². The topological polar surface area (TPSA) is 40.5 Å². The summed E-state index contributed by atoms with van der Waals surface area (Å²) in [6, 6.07) is 8.47. The lowest BCUT2D eigenvalue weighted by molar-refractivity contribution is 0.0340. The Labute approximate surface area is 104 Å². The van der Waals surface area contributed by atoms with Crippen molar-refractivity contribution >= 4 is 11.8 Å². The van der Waals surface area contributed by atoms with Crippen LogP contribution >= 0.6 is 11.8 Å². The molecule has 0 aromatic heterocycles. The minimum Gasteiger partial charge on any atom is -0.389 e. The first-order chi connectivity index (χ1) is 8.27. The summed E-state index contributed by atoms with van der Waals surface area (Å²) in [5.74, 6) is 0.361. The quantitative estimate of drug-likeness (QED) is 0.688. The predicted molar refractivity (Wildman–Crippen MR) is 67.6 cm³/mol. The monoisotopic (exact) mass is 246 g/mol. The van der Waals surface area contributed by atoms with Crippen LogP contribution in [0.3, 0.4) is 0 Å². The maximum absolute atomic E-state index is 10.1. The fraction of sp³-hybridized carbons (Fsp3) is 0.429. The molecule has 1 aromatic rings. The van der Waals surface area contributed by atoms with E-state index in [1.54, 1.807) is 12.2 Å². The third kappa shape index (κ3) is 1.20. The molecule has 1 aromatic carbocycles. The van der Waals surface area contributed by atoms with Crippen LogP contribution in [0.1, 0.15) is 21.6 Å². The molecule has 17 heavy (non-hydrogen) atoms. The second kappa shape index (κ2) is 3.37. The number of hydrogen-bond donors (Lipinski definition) is 2. The SMILES string of the molecule is O[C@@H]1C=C[C@H](O)C2C1[C@@H]1S[C@H]2c2ccccc21. The van der Waals surface area contributed by atoms with E-state index in [0.717, 1.165) is 0 Å². The van der Waals surface area contributed by atoms with E-state index in [1.165, 1.54) is 11.1 Å². The number of rotatable bonds is 0. The van der Waals surface area contributed by atoms with Gasteiger partial charge in [0.15, 0.2) is 0 Å². The lowest BCUT2D eigenvalue weighted by atomic mass is 9.68. The maximum Gasteiger partial charge on any atom is 0.0768 e. The minimum absolute atomic E-state index is 0.180. The van der Waals surface area contributed by atoms with Gasteiger partial charge in [-0.25, -0.2) is 0 Å². The van der Waals surface area contributed by atoms with Crippen molar-refractivity contribution in [2.24, 2.45) is 11.8 Å². The van der Waals surface area contributed by atoms with Gasteiger partial charge in [-0.3, -0.25) is 0 Å². The first-order valence-corrected chi connectivity index (χ1v) is 7.00. The van der Waals surface area contributed by atoms with Crippen molar-refractivity contribution in [2.45, 2.75) is 22.7 Å². The summed E-state index contributed by atoms with van der Waals surface area (Å²) < 4.78 is 0. The summed E-state index contributed by atoms with van der Waals surface area (Å²) in [5.41, 5.74) is 2.73. The van der Waals surface area contributed by atoms with Crippen LogP contribution in [0.4, 0.5) is 0 Å². The zero-order valence-corrected chi connectivity index (χ0v) is 10.0. The zero-order chi connectivity index (χ0) is 11.6. The molecule has 2 unspecified atom stereocenters. The van der Waals surface area contributed by atoms with Crippen LogP contribution in [-0.2, 0) is 0 Å². The molecule has 3 aliphatic rings. The molecule has 0 spiro atoms. The molecule has 2 nitrogen and oxygen atoms in total. The van der Waals surface area contributed by atoms with E-state index in [9.17, 15) is 10.2 Å². The second-order valence-electron chi connectivity index (χ2n) is 5.13. The second-order valence-corrected chi connectivity index (χ2v) is 6.41. The number of hydrogen-bond acceptors (Lipinski definition) is 3. The Morgan fingerprint density at radius 1 is 0.824 bits per heavy atom. The molecule has 0 radical (unpaired) electrons. The first kappa shape index (κ1) is 10.2. The normalized spacial score (nSPS) is 45.8. The van der Waals surface area contributed by atoms with Gasteiger partial charge >= 0.3 is 0 Å². The Morgan fingerprint density at radius 3 is 1.76 bits per heavy atom. The van der Waals surface area contributed by atoms with Gasteiger partial charge in [0.05, 0.1) is 12.2 Å². The van der Waals surface area contributed by atoms with Crippen LogP contribution in [0, 0.1) is 11.8 Å². The summed E-state index contributed by atoms with van der Waals surface area (Å²) in [5, 5.41) is 21.0. The average molecular weight is 246 g/mol. The molecular weight excluding hydrogens is 232 g/mol. The summed E-state index contributed by atoms with van der Waals surface area (Å²) in [4.78, 5) is 0. The van der Waals surface area contributed by atoms with Gasteiger partial charge in [0.25, 0.3) is 0 Å². The van der Waals surface area contributed by atoms with Gasteiger partial charge in [0.2, 0.25) is 0 Å².